The van der Waals surface area contributed by atoms with Gasteiger partial charge in [-0.3, -0.25) is 4.79 Å². The van der Waals surface area contributed by atoms with Crippen molar-refractivity contribution < 1.29 is 9.90 Å². The maximum absolute atomic E-state index is 10.5. The average Bonchev–Trinajstić information content (AvgIpc) is 2.40. The minimum absolute atomic E-state index is 0.244. The molecule has 1 saturated heterocycles. The van der Waals surface area contributed by atoms with E-state index in [0.29, 0.717) is 12.3 Å². The fourth-order valence-corrected chi connectivity index (χ4v) is 3.57. The number of piperidine rings is 1. The van der Waals surface area contributed by atoms with E-state index in [-0.39, 0.29) is 6.42 Å². The molecule has 0 atom stereocenters. The van der Waals surface area contributed by atoms with Crippen molar-refractivity contribution in [3.63, 3.8) is 0 Å². The summed E-state index contributed by atoms with van der Waals surface area (Å²) in [6.07, 6.45) is 4.21. The van der Waals surface area contributed by atoms with Gasteiger partial charge in [0.15, 0.2) is 0 Å². The number of nitrogens with zero attached hydrogens (tertiary/aromatic N) is 1. The van der Waals surface area contributed by atoms with Crippen molar-refractivity contribution in [2.45, 2.75) is 38.0 Å². The summed E-state index contributed by atoms with van der Waals surface area (Å²) in [5.74, 6) is -0.0688. The molecule has 4 heteroatoms. The highest BCUT2D eigenvalue weighted by atomic mass is 79.9. The summed E-state index contributed by atoms with van der Waals surface area (Å²) in [6.45, 7) is 2.33. The second-order valence-corrected chi connectivity index (χ2v) is 6.54. The first kappa shape index (κ1) is 15.5. The molecule has 1 aliphatic rings. The molecule has 1 N–H and O–H groups in total. The van der Waals surface area contributed by atoms with Crippen molar-refractivity contribution in [1.82, 2.24) is 4.90 Å². The predicted molar refractivity (Wildman–Crippen MR) is 84.2 cm³/mol. The van der Waals surface area contributed by atoms with Crippen LogP contribution in [0, 0.1) is 0 Å². The van der Waals surface area contributed by atoms with E-state index in [1.165, 1.54) is 28.4 Å². The molecule has 1 heterocycles. The Bertz CT molecular complexity index is 468. The molecule has 1 aliphatic heterocycles. The van der Waals surface area contributed by atoms with Gasteiger partial charge in [-0.1, -0.05) is 28.1 Å². The largest absolute Gasteiger partial charge is 0.481 e. The average molecular weight is 340 g/mol. The van der Waals surface area contributed by atoms with Crippen LogP contribution in [0.1, 0.15) is 42.7 Å². The van der Waals surface area contributed by atoms with E-state index in [4.69, 9.17) is 5.11 Å². The summed E-state index contributed by atoms with van der Waals surface area (Å²) < 4.78 is 1.18. The third-order valence-corrected chi connectivity index (χ3v) is 4.77. The third kappa shape index (κ3) is 4.32. The molecule has 0 radical (unpaired) electrons. The van der Waals surface area contributed by atoms with Gasteiger partial charge in [0, 0.05) is 10.9 Å². The van der Waals surface area contributed by atoms with Gasteiger partial charge in [0.25, 0.3) is 0 Å². The van der Waals surface area contributed by atoms with E-state index in [2.05, 4.69) is 46.1 Å². The number of rotatable bonds is 5. The Labute approximate surface area is 129 Å². The van der Waals surface area contributed by atoms with Crippen LogP contribution >= 0.6 is 15.9 Å². The molecule has 0 amide bonds. The van der Waals surface area contributed by atoms with Crippen LogP contribution in [0.25, 0.3) is 0 Å². The minimum Gasteiger partial charge on any atom is -0.481 e. The Morgan fingerprint density at radius 1 is 1.40 bits per heavy atom. The van der Waals surface area contributed by atoms with Crippen molar-refractivity contribution in [2.24, 2.45) is 0 Å². The van der Waals surface area contributed by atoms with Gasteiger partial charge in [0.2, 0.25) is 0 Å². The number of aliphatic carboxylic acids is 1. The van der Waals surface area contributed by atoms with Crippen molar-refractivity contribution in [3.05, 3.63) is 33.8 Å². The fourth-order valence-electron chi connectivity index (χ4n) is 2.82. The second kappa shape index (κ2) is 7.23. The number of carboxylic acids is 1. The zero-order chi connectivity index (χ0) is 14.5. The summed E-state index contributed by atoms with van der Waals surface area (Å²) in [5, 5.41) is 8.67. The quantitative estimate of drug-likeness (QED) is 0.889. The topological polar surface area (TPSA) is 40.5 Å². The normalized spacial score (nSPS) is 17.3. The van der Waals surface area contributed by atoms with Crippen LogP contribution in [0.3, 0.4) is 0 Å². The number of aryl methyl sites for hydroxylation is 1. The van der Waals surface area contributed by atoms with E-state index in [1.54, 1.807) is 0 Å². The summed E-state index contributed by atoms with van der Waals surface area (Å²) in [7, 11) is 2.18. The molecule has 0 saturated carbocycles. The Hall–Kier alpha value is -0.870. The summed E-state index contributed by atoms with van der Waals surface area (Å²) in [6, 6.07) is 6.53. The number of hydrogen-bond donors (Lipinski definition) is 1. The van der Waals surface area contributed by atoms with E-state index >= 15 is 0 Å². The van der Waals surface area contributed by atoms with Crippen LogP contribution in [0.4, 0.5) is 0 Å². The Morgan fingerprint density at radius 2 is 2.10 bits per heavy atom. The molecule has 1 aromatic rings. The van der Waals surface area contributed by atoms with Gasteiger partial charge in [-0.15, -0.1) is 0 Å². The fraction of sp³-hybridized carbons (Fsp3) is 0.562. The van der Waals surface area contributed by atoms with Crippen molar-refractivity contribution in [3.8, 4) is 0 Å². The van der Waals surface area contributed by atoms with Gasteiger partial charge in [-0.05, 0) is 68.9 Å². The lowest BCUT2D eigenvalue weighted by Crippen LogP contribution is -2.29. The van der Waals surface area contributed by atoms with Gasteiger partial charge in [0.05, 0.1) is 0 Å². The van der Waals surface area contributed by atoms with Gasteiger partial charge >= 0.3 is 5.97 Å². The number of benzene rings is 1. The number of hydrogen-bond acceptors (Lipinski definition) is 2. The van der Waals surface area contributed by atoms with Gasteiger partial charge < -0.3 is 10.0 Å². The Kier molecular flexibility index (Phi) is 5.61. The number of carboxylic acid groups (broad SMARTS) is 1. The first-order chi connectivity index (χ1) is 9.56. The molecule has 0 bridgehead atoms. The highest BCUT2D eigenvalue weighted by molar-refractivity contribution is 9.10. The number of carbonyl (C=O) groups is 1. The molecule has 0 aromatic heterocycles. The summed E-state index contributed by atoms with van der Waals surface area (Å²) in [5.41, 5.74) is 2.62. The zero-order valence-electron chi connectivity index (χ0n) is 11.9. The van der Waals surface area contributed by atoms with Crippen LogP contribution in [-0.4, -0.2) is 36.1 Å². The maximum Gasteiger partial charge on any atom is 0.303 e. The SMILES string of the molecule is CN1CCC(c2ccc(CCCC(=O)O)cc2Br)CC1. The van der Waals surface area contributed by atoms with Crippen molar-refractivity contribution in [1.29, 1.82) is 0 Å². The second-order valence-electron chi connectivity index (χ2n) is 5.68. The van der Waals surface area contributed by atoms with Crippen molar-refractivity contribution in [2.75, 3.05) is 20.1 Å². The van der Waals surface area contributed by atoms with Crippen LogP contribution in [0.5, 0.6) is 0 Å². The Morgan fingerprint density at radius 3 is 2.70 bits per heavy atom. The maximum atomic E-state index is 10.5. The molecule has 110 valence electrons. The van der Waals surface area contributed by atoms with Crippen LogP contribution < -0.4 is 0 Å². The van der Waals surface area contributed by atoms with E-state index < -0.39 is 5.97 Å². The summed E-state index contributed by atoms with van der Waals surface area (Å²) in [4.78, 5) is 12.9. The van der Waals surface area contributed by atoms with Gasteiger partial charge in [0.1, 0.15) is 0 Å². The molecule has 0 unspecified atom stereocenters. The standard InChI is InChI=1S/C16H22BrNO2/c1-18-9-7-13(8-10-18)14-6-5-12(11-15(14)17)3-2-4-16(19)20/h5-6,11,13H,2-4,7-10H2,1H3,(H,19,20). The lowest BCUT2D eigenvalue weighted by atomic mass is 9.89. The van der Waals surface area contributed by atoms with E-state index in [9.17, 15) is 4.79 Å². The molecular formula is C16H22BrNO2. The molecule has 1 aromatic carbocycles. The molecule has 0 spiro atoms. The van der Waals surface area contributed by atoms with E-state index in [1.807, 2.05) is 0 Å². The van der Waals surface area contributed by atoms with Gasteiger partial charge in [-0.25, -0.2) is 0 Å². The third-order valence-electron chi connectivity index (χ3n) is 4.08. The zero-order valence-corrected chi connectivity index (χ0v) is 13.5. The van der Waals surface area contributed by atoms with Gasteiger partial charge in [-0.2, -0.15) is 0 Å². The van der Waals surface area contributed by atoms with Crippen LogP contribution in [-0.2, 0) is 11.2 Å². The van der Waals surface area contributed by atoms with Crippen LogP contribution in [0.2, 0.25) is 0 Å². The predicted octanol–water partition coefficient (Wildman–Crippen LogP) is 3.67. The monoisotopic (exact) mass is 339 g/mol. The molecule has 3 nitrogen and oxygen atoms in total. The minimum atomic E-state index is -0.716. The number of halogens is 1. The smallest absolute Gasteiger partial charge is 0.303 e. The first-order valence-electron chi connectivity index (χ1n) is 7.25. The van der Waals surface area contributed by atoms with Crippen molar-refractivity contribution >= 4 is 21.9 Å². The molecular weight excluding hydrogens is 318 g/mol. The molecule has 2 rings (SSSR count). The highest BCUT2D eigenvalue weighted by Crippen LogP contribution is 2.33. The number of likely N-dealkylation sites (tertiary alicyclic amines) is 1. The molecule has 20 heavy (non-hydrogen) atoms. The Balaban J connectivity index is 1.97. The van der Waals surface area contributed by atoms with E-state index in [0.717, 1.165) is 19.5 Å². The molecule has 0 aliphatic carbocycles. The first-order valence-corrected chi connectivity index (χ1v) is 8.04. The highest BCUT2D eigenvalue weighted by Gasteiger charge is 2.20. The lowest BCUT2D eigenvalue weighted by molar-refractivity contribution is -0.137. The summed E-state index contributed by atoms with van der Waals surface area (Å²) >= 11 is 3.69. The molecule has 1 fully saturated rings. The lowest BCUT2D eigenvalue weighted by Gasteiger charge is -2.29. The van der Waals surface area contributed by atoms with Crippen LogP contribution in [0.15, 0.2) is 22.7 Å².